The Morgan fingerprint density at radius 3 is 2.08 bits per heavy atom. The maximum atomic E-state index is 12.4. The Kier molecular flexibility index (Phi) is 20.3. The van der Waals surface area contributed by atoms with E-state index in [-0.39, 0.29) is 58.7 Å². The summed E-state index contributed by atoms with van der Waals surface area (Å²) in [5, 5.41) is 6.37. The Morgan fingerprint density at radius 1 is 0.821 bits per heavy atom. The van der Waals surface area contributed by atoms with Gasteiger partial charge >= 0.3 is 5.97 Å². The molecule has 0 radical (unpaired) electrons. The first-order chi connectivity index (χ1) is 18.2. The molecule has 0 aromatic heterocycles. The van der Waals surface area contributed by atoms with Crippen molar-refractivity contribution >= 4 is 50.9 Å². The summed E-state index contributed by atoms with van der Waals surface area (Å²) in [7, 11) is 4.89. The summed E-state index contributed by atoms with van der Waals surface area (Å²) in [6, 6.07) is -0.229. The second-order valence-corrected chi connectivity index (χ2v) is 13.9. The normalized spacial score (nSPS) is 13.6. The van der Waals surface area contributed by atoms with Crippen LogP contribution in [0.1, 0.15) is 93.4 Å². The molecule has 226 valence electrons. The van der Waals surface area contributed by atoms with Gasteiger partial charge in [0, 0.05) is 49.3 Å². The average molecular weight is 590 g/mol. The average Bonchev–Trinajstić information content (AvgIpc) is 2.86. The molecule has 3 atom stereocenters. The number of nitrogens with zero attached hydrogens (tertiary/aromatic N) is 1. The number of Topliss-reactive ketones (excluding diaryl/α,β-unsaturated/α-hetero) is 2. The van der Waals surface area contributed by atoms with Crippen LogP contribution in [0.15, 0.2) is 0 Å². The number of hydrogen-bond acceptors (Lipinski definition) is 9. The second kappa shape index (κ2) is 21.2. The first kappa shape index (κ1) is 37.4. The van der Waals surface area contributed by atoms with Crippen molar-refractivity contribution in [1.29, 1.82) is 0 Å². The predicted molar refractivity (Wildman–Crippen MR) is 161 cm³/mol. The molecule has 0 rings (SSSR count). The molecule has 0 bridgehead atoms. The van der Waals surface area contributed by atoms with E-state index in [1.54, 1.807) is 35.6 Å². The SMILES string of the molecule is CC(C)NCCCC(=O)[C@H](C)NC(=O)CN(C)C(=O)CCCC(=O)CCC(C)SSC(C)COC(=O)C(C)C. The van der Waals surface area contributed by atoms with E-state index in [0.717, 1.165) is 13.0 Å². The molecule has 0 saturated carbocycles. The fraction of sp³-hybridized carbons (Fsp3) is 0.821. The molecule has 2 amide bonds. The van der Waals surface area contributed by atoms with E-state index in [9.17, 15) is 24.0 Å². The van der Waals surface area contributed by atoms with Gasteiger partial charge in [0.25, 0.3) is 0 Å². The van der Waals surface area contributed by atoms with Gasteiger partial charge in [-0.25, -0.2) is 0 Å². The molecule has 2 unspecified atom stereocenters. The molecule has 39 heavy (non-hydrogen) atoms. The van der Waals surface area contributed by atoms with Crippen LogP contribution in [0.2, 0.25) is 0 Å². The van der Waals surface area contributed by atoms with Crippen LogP contribution in [0.25, 0.3) is 0 Å². The number of nitrogens with one attached hydrogen (secondary N) is 2. The number of ether oxygens (including phenoxy) is 1. The Morgan fingerprint density at radius 2 is 1.46 bits per heavy atom. The minimum atomic E-state index is -0.595. The number of ketones is 2. The Balaban J connectivity index is 4.08. The van der Waals surface area contributed by atoms with Gasteiger partial charge < -0.3 is 20.3 Å². The van der Waals surface area contributed by atoms with Crippen molar-refractivity contribution in [1.82, 2.24) is 15.5 Å². The van der Waals surface area contributed by atoms with E-state index in [0.29, 0.717) is 44.8 Å². The van der Waals surface area contributed by atoms with Gasteiger partial charge in [0.1, 0.15) is 12.4 Å². The zero-order chi connectivity index (χ0) is 30.0. The van der Waals surface area contributed by atoms with Crippen molar-refractivity contribution in [2.75, 3.05) is 26.7 Å². The van der Waals surface area contributed by atoms with Gasteiger partial charge in [0.15, 0.2) is 5.78 Å². The smallest absolute Gasteiger partial charge is 0.308 e. The van der Waals surface area contributed by atoms with Gasteiger partial charge in [-0.1, -0.05) is 56.2 Å². The number of carbonyl (C=O) groups is 5. The summed E-state index contributed by atoms with van der Waals surface area (Å²) in [5.74, 6) is -0.816. The number of hydrogen-bond donors (Lipinski definition) is 2. The molecule has 2 N–H and O–H groups in total. The molecule has 0 aliphatic carbocycles. The zero-order valence-electron chi connectivity index (χ0n) is 25.2. The summed E-state index contributed by atoms with van der Waals surface area (Å²) >= 11 is 0. The van der Waals surface area contributed by atoms with Crippen LogP contribution in [0.5, 0.6) is 0 Å². The fourth-order valence-corrected chi connectivity index (χ4v) is 5.60. The minimum Gasteiger partial charge on any atom is -0.464 e. The van der Waals surface area contributed by atoms with Gasteiger partial charge in [-0.2, -0.15) is 0 Å². The van der Waals surface area contributed by atoms with Crippen LogP contribution in [0, 0.1) is 5.92 Å². The van der Waals surface area contributed by atoms with Gasteiger partial charge in [-0.15, -0.1) is 0 Å². The molecule has 9 nitrogen and oxygen atoms in total. The van der Waals surface area contributed by atoms with E-state index < -0.39 is 6.04 Å². The van der Waals surface area contributed by atoms with Crippen LogP contribution in [0.4, 0.5) is 0 Å². The summed E-state index contributed by atoms with van der Waals surface area (Å²) < 4.78 is 5.25. The van der Waals surface area contributed by atoms with Crippen LogP contribution in [0.3, 0.4) is 0 Å². The first-order valence-corrected chi connectivity index (χ1v) is 16.3. The molecule has 0 aromatic rings. The number of likely N-dealkylation sites (N-methyl/N-ethyl adjacent to an activating group) is 1. The fourth-order valence-electron chi connectivity index (χ4n) is 3.29. The Bertz CT molecular complexity index is 778. The van der Waals surface area contributed by atoms with Gasteiger partial charge in [-0.3, -0.25) is 24.0 Å². The minimum absolute atomic E-state index is 0.0330. The number of esters is 1. The highest BCUT2D eigenvalue weighted by atomic mass is 33.1. The Hall–Kier alpha value is -1.59. The Labute approximate surface area is 243 Å². The van der Waals surface area contributed by atoms with E-state index in [1.807, 2.05) is 34.6 Å². The molecular formula is C28H51N3O6S2. The highest BCUT2D eigenvalue weighted by Gasteiger charge is 2.19. The largest absolute Gasteiger partial charge is 0.464 e. The highest BCUT2D eigenvalue weighted by molar-refractivity contribution is 8.77. The van der Waals surface area contributed by atoms with E-state index in [4.69, 9.17) is 4.74 Å². The second-order valence-electron chi connectivity index (χ2n) is 10.7. The maximum Gasteiger partial charge on any atom is 0.308 e. The van der Waals surface area contributed by atoms with E-state index >= 15 is 0 Å². The lowest BCUT2D eigenvalue weighted by Crippen LogP contribution is -2.44. The molecule has 0 saturated heterocycles. The van der Waals surface area contributed by atoms with E-state index in [2.05, 4.69) is 17.6 Å². The predicted octanol–water partition coefficient (Wildman–Crippen LogP) is 4.17. The first-order valence-electron chi connectivity index (χ1n) is 14.0. The molecule has 0 spiro atoms. The van der Waals surface area contributed by atoms with Crippen molar-refractivity contribution in [3.63, 3.8) is 0 Å². The van der Waals surface area contributed by atoms with Crippen molar-refractivity contribution in [3.05, 3.63) is 0 Å². The zero-order valence-corrected chi connectivity index (χ0v) is 26.8. The van der Waals surface area contributed by atoms with Crippen molar-refractivity contribution in [2.24, 2.45) is 5.92 Å². The summed E-state index contributed by atoms with van der Waals surface area (Å²) in [4.78, 5) is 62.0. The molecule has 0 aromatic carbocycles. The van der Waals surface area contributed by atoms with Crippen LogP contribution < -0.4 is 10.6 Å². The third kappa shape index (κ3) is 20.0. The van der Waals surface area contributed by atoms with Gasteiger partial charge in [-0.05, 0) is 39.7 Å². The number of carbonyl (C=O) groups excluding carboxylic acids is 5. The highest BCUT2D eigenvalue weighted by Crippen LogP contribution is 2.33. The molecule has 0 aliphatic heterocycles. The van der Waals surface area contributed by atoms with Crippen molar-refractivity contribution in [2.45, 2.75) is 116 Å². The third-order valence-corrected chi connectivity index (χ3v) is 9.26. The monoisotopic (exact) mass is 589 g/mol. The topological polar surface area (TPSA) is 122 Å². The van der Waals surface area contributed by atoms with Crippen LogP contribution in [-0.2, 0) is 28.7 Å². The summed E-state index contributed by atoms with van der Waals surface area (Å²) in [6.45, 7) is 14.4. The van der Waals surface area contributed by atoms with Gasteiger partial charge in [0.2, 0.25) is 11.8 Å². The lowest BCUT2D eigenvalue weighted by Gasteiger charge is -2.19. The summed E-state index contributed by atoms with van der Waals surface area (Å²) in [5.41, 5.74) is 0. The van der Waals surface area contributed by atoms with Crippen LogP contribution >= 0.6 is 21.6 Å². The maximum absolute atomic E-state index is 12.4. The molecule has 0 heterocycles. The quantitative estimate of drug-likeness (QED) is 0.109. The molecular weight excluding hydrogens is 538 g/mol. The molecule has 11 heteroatoms. The lowest BCUT2D eigenvalue weighted by atomic mass is 10.1. The molecule has 0 fully saturated rings. The lowest BCUT2D eigenvalue weighted by molar-refractivity contribution is -0.147. The molecule has 0 aliphatic rings. The summed E-state index contributed by atoms with van der Waals surface area (Å²) in [6.07, 6.45) is 3.26. The number of amides is 2. The third-order valence-electron chi connectivity index (χ3n) is 5.81. The van der Waals surface area contributed by atoms with E-state index in [1.165, 1.54) is 4.90 Å². The standard InChI is InChI=1S/C28H51N3O6S2/c1-19(2)28(36)37-18-22(6)39-38-21(5)14-15-24(32)11-9-13-27(35)31(8)17-26(34)30-23(7)25(33)12-10-16-29-20(3)4/h19-23,29H,9-18H2,1-8H3,(H,30,34)/t21?,22?,23-/m0/s1. The van der Waals surface area contributed by atoms with Crippen molar-refractivity contribution in [3.8, 4) is 0 Å². The van der Waals surface area contributed by atoms with Gasteiger partial charge in [0.05, 0.1) is 18.5 Å². The van der Waals surface area contributed by atoms with Crippen molar-refractivity contribution < 1.29 is 28.7 Å². The number of rotatable bonds is 22. The van der Waals surface area contributed by atoms with Crippen LogP contribution in [-0.4, -0.2) is 83.6 Å².